The number of carbonyl (C=O) groups excluding carboxylic acids is 1. The summed E-state index contributed by atoms with van der Waals surface area (Å²) in [7, 11) is -10.7. The number of hydrogen-bond acceptors (Lipinski definition) is 11. The molecule has 0 bridgehead atoms. The molecule has 0 unspecified atom stereocenters. The first-order valence-corrected chi connectivity index (χ1v) is 27.4. The van der Waals surface area contributed by atoms with Crippen molar-refractivity contribution in [1.29, 1.82) is 0 Å². The Hall–Kier alpha value is -4.33. The Morgan fingerprint density at radius 1 is 0.783 bits per heavy atom. The molecule has 0 amide bonds. The summed E-state index contributed by atoms with van der Waals surface area (Å²) < 4.78 is 110. The molecule has 69 heavy (non-hydrogen) atoms. The zero-order chi connectivity index (χ0) is 49.3. The minimum atomic E-state index is -6.03. The van der Waals surface area contributed by atoms with Crippen molar-refractivity contribution in [3.8, 4) is 11.1 Å². The second-order valence-electron chi connectivity index (χ2n) is 17.7. The minimum Gasteiger partial charge on any atom is -0.389 e. The number of rotatable bonds is 20. The van der Waals surface area contributed by atoms with Crippen molar-refractivity contribution in [2.24, 2.45) is 11.8 Å². The van der Waals surface area contributed by atoms with Crippen molar-refractivity contribution < 1.29 is 49.4 Å². The van der Waals surface area contributed by atoms with Crippen molar-refractivity contribution in [3.63, 3.8) is 0 Å². The summed E-state index contributed by atoms with van der Waals surface area (Å²) in [6.07, 6.45) is -0.0310. The van der Waals surface area contributed by atoms with E-state index in [0.717, 1.165) is 39.4 Å². The van der Waals surface area contributed by atoms with E-state index in [2.05, 4.69) is 9.80 Å². The van der Waals surface area contributed by atoms with Crippen molar-refractivity contribution in [1.82, 2.24) is 9.80 Å². The number of piperazine rings is 1. The standard InChI is InChI=1S/C51H56ClF4N3O7S3/c52-41-15-10-37(11-16-41)46-8-4-5-9-47(46)50(62)39-21-24-59(25-22-39)42-17-12-38(13-18-42)48(61)35-68(63,64)45-19-14-40(49(31-45)69(65,66)51(54,55)56)30-36(34-67-44-6-2-1-3-7-44)20-23-57-26-28-58(29-27-57)33-43(60)32-53/h1-19,31,36,39,43,50,60,62H,20-30,32-35H2/t36-,43+,50+/m0/s1. The second kappa shape index (κ2) is 23.3. The maximum absolute atomic E-state index is 14.3. The molecule has 2 aliphatic rings. The van der Waals surface area contributed by atoms with Gasteiger partial charge in [-0.25, -0.2) is 21.2 Å². The molecule has 0 saturated carbocycles. The van der Waals surface area contributed by atoms with Gasteiger partial charge in [-0.2, -0.15) is 13.2 Å². The number of ketones is 1. The number of hydrogen-bond donors (Lipinski definition) is 2. The van der Waals surface area contributed by atoms with Gasteiger partial charge in [0.25, 0.3) is 9.84 Å². The Kier molecular flexibility index (Phi) is 17.7. The molecule has 2 fully saturated rings. The summed E-state index contributed by atoms with van der Waals surface area (Å²) in [5.41, 5.74) is -2.36. The molecular weight excluding hydrogens is 974 g/mol. The Labute approximate surface area is 411 Å². The summed E-state index contributed by atoms with van der Waals surface area (Å²) in [6.45, 7) is 3.57. The van der Waals surface area contributed by atoms with Crippen LogP contribution in [0.25, 0.3) is 11.1 Å². The van der Waals surface area contributed by atoms with Crippen LogP contribution in [0.5, 0.6) is 0 Å². The molecule has 0 aliphatic carbocycles. The van der Waals surface area contributed by atoms with E-state index < -0.39 is 65.4 Å². The van der Waals surface area contributed by atoms with Crippen molar-refractivity contribution in [2.45, 2.75) is 58.1 Å². The zero-order valence-electron chi connectivity index (χ0n) is 37.9. The average molecular weight is 1030 g/mol. The number of thioether (sulfide) groups is 1. The van der Waals surface area contributed by atoms with Crippen LogP contribution in [0.2, 0.25) is 5.02 Å². The van der Waals surface area contributed by atoms with Crippen LogP contribution in [-0.4, -0.2) is 125 Å². The smallest absolute Gasteiger partial charge is 0.389 e. The van der Waals surface area contributed by atoms with E-state index in [1.165, 1.54) is 23.9 Å². The van der Waals surface area contributed by atoms with E-state index in [0.29, 0.717) is 81.9 Å². The number of benzene rings is 5. The quantitative estimate of drug-likeness (QED) is 0.0439. The van der Waals surface area contributed by atoms with E-state index >= 15 is 0 Å². The van der Waals surface area contributed by atoms with Crippen molar-refractivity contribution >= 4 is 54.5 Å². The number of aliphatic hydroxyl groups is 2. The number of Topliss-reactive ketones (excluding diaryl/α,β-unsaturated/α-hetero) is 1. The third kappa shape index (κ3) is 13.6. The van der Waals surface area contributed by atoms with Gasteiger partial charge in [-0.3, -0.25) is 9.69 Å². The summed E-state index contributed by atoms with van der Waals surface area (Å²) >= 11 is 7.58. The van der Waals surface area contributed by atoms with Crippen LogP contribution in [0.4, 0.5) is 23.2 Å². The molecule has 0 radical (unpaired) electrons. The van der Waals surface area contributed by atoms with Gasteiger partial charge in [-0.1, -0.05) is 72.3 Å². The van der Waals surface area contributed by atoms with Gasteiger partial charge < -0.3 is 20.0 Å². The number of halogens is 5. The van der Waals surface area contributed by atoms with E-state index in [1.54, 1.807) is 12.1 Å². The predicted molar refractivity (Wildman–Crippen MR) is 263 cm³/mol. The molecule has 18 heteroatoms. The molecule has 5 aromatic rings. The summed E-state index contributed by atoms with van der Waals surface area (Å²) in [5.74, 6) is -1.85. The average Bonchev–Trinajstić information content (AvgIpc) is 3.35. The fourth-order valence-corrected chi connectivity index (χ4v) is 12.6. The first-order valence-electron chi connectivity index (χ1n) is 22.9. The highest BCUT2D eigenvalue weighted by Crippen LogP contribution is 2.39. The Morgan fingerprint density at radius 3 is 2.07 bits per heavy atom. The van der Waals surface area contributed by atoms with E-state index in [-0.39, 0.29) is 35.9 Å². The largest absolute Gasteiger partial charge is 0.501 e. The van der Waals surface area contributed by atoms with Crippen LogP contribution in [0.1, 0.15) is 46.9 Å². The predicted octanol–water partition coefficient (Wildman–Crippen LogP) is 9.20. The maximum atomic E-state index is 14.3. The molecule has 0 aromatic heterocycles. The number of piperidine rings is 1. The van der Waals surface area contributed by atoms with Gasteiger partial charge >= 0.3 is 5.51 Å². The maximum Gasteiger partial charge on any atom is 0.501 e. The summed E-state index contributed by atoms with van der Waals surface area (Å²) in [6, 6.07) is 33.6. The van der Waals surface area contributed by atoms with Gasteiger partial charge in [0.2, 0.25) is 0 Å². The zero-order valence-corrected chi connectivity index (χ0v) is 41.1. The highest BCUT2D eigenvalue weighted by molar-refractivity contribution is 7.99. The molecule has 2 heterocycles. The lowest BCUT2D eigenvalue weighted by Crippen LogP contribution is -2.49. The number of anilines is 1. The fourth-order valence-electron chi connectivity index (χ4n) is 9.04. The first-order chi connectivity index (χ1) is 32.9. The van der Waals surface area contributed by atoms with Gasteiger partial charge in [0.15, 0.2) is 15.6 Å². The van der Waals surface area contributed by atoms with Crippen LogP contribution in [0.15, 0.2) is 136 Å². The lowest BCUT2D eigenvalue weighted by Gasteiger charge is -2.36. The minimum absolute atomic E-state index is 0.0166. The van der Waals surface area contributed by atoms with Gasteiger partial charge in [0.1, 0.15) is 12.4 Å². The number of aliphatic hydroxyl groups excluding tert-OH is 2. The van der Waals surface area contributed by atoms with Crippen molar-refractivity contribution in [2.75, 3.05) is 75.4 Å². The molecule has 2 aliphatic heterocycles. The molecule has 7 rings (SSSR count). The third-order valence-electron chi connectivity index (χ3n) is 13.0. The molecule has 370 valence electrons. The lowest BCUT2D eigenvalue weighted by molar-refractivity contribution is -0.0436. The second-order valence-corrected chi connectivity index (χ2v) is 23.2. The van der Waals surface area contributed by atoms with E-state index in [4.69, 9.17) is 11.6 Å². The Bertz CT molecular complexity index is 2720. The van der Waals surface area contributed by atoms with Crippen LogP contribution in [0.3, 0.4) is 0 Å². The van der Waals surface area contributed by atoms with Gasteiger partial charge in [0.05, 0.1) is 22.0 Å². The van der Waals surface area contributed by atoms with E-state index in [9.17, 15) is 49.4 Å². The lowest BCUT2D eigenvalue weighted by atomic mass is 9.84. The topological polar surface area (TPSA) is 136 Å². The third-order valence-corrected chi connectivity index (χ3v) is 17.7. The number of nitrogens with zero attached hydrogens (tertiary/aromatic N) is 3. The van der Waals surface area contributed by atoms with Crippen LogP contribution in [-0.2, 0) is 26.1 Å². The van der Waals surface area contributed by atoms with Crippen LogP contribution in [0, 0.1) is 11.8 Å². The van der Waals surface area contributed by atoms with Crippen LogP contribution >= 0.6 is 23.4 Å². The molecule has 2 N–H and O–H groups in total. The first kappa shape index (κ1) is 52.5. The SMILES string of the molecule is O=C(CS(=O)(=O)c1ccc(C[C@H](CCN2CCN(C[C@H](O)CF)CC2)CSc2ccccc2)c(S(=O)(=O)C(F)(F)F)c1)c1ccc(N2CCC([C@@H](O)c3ccccc3-c3ccc(Cl)cc3)CC2)cc1. The number of alkyl halides is 4. The number of β-amino-alcohol motifs (C(OH)–C–C–N with tert-alkyl or cyclic N) is 1. The van der Waals surface area contributed by atoms with E-state index in [1.807, 2.05) is 83.8 Å². The monoisotopic (exact) mass is 1030 g/mol. The van der Waals surface area contributed by atoms with Gasteiger partial charge in [-0.05, 0) is 127 Å². The number of carbonyl (C=O) groups is 1. The number of sulfone groups is 2. The van der Waals surface area contributed by atoms with Gasteiger partial charge in [-0.15, -0.1) is 11.8 Å². The van der Waals surface area contributed by atoms with Crippen molar-refractivity contribution in [3.05, 3.63) is 143 Å². The molecule has 10 nitrogen and oxygen atoms in total. The highest BCUT2D eigenvalue weighted by atomic mass is 35.5. The summed E-state index contributed by atoms with van der Waals surface area (Å²) in [4.78, 5) is 18.7. The molecule has 2 saturated heterocycles. The van der Waals surface area contributed by atoms with Gasteiger partial charge in [0, 0.05) is 72.7 Å². The fraction of sp³-hybridized carbons (Fsp3) is 0.392. The summed E-state index contributed by atoms with van der Waals surface area (Å²) in [5, 5.41) is 21.9. The Morgan fingerprint density at radius 2 is 1.42 bits per heavy atom. The normalized spacial score (nSPS) is 17.1. The highest BCUT2D eigenvalue weighted by Gasteiger charge is 2.48. The molecular formula is C51H56ClF4N3O7S3. The molecule has 0 spiro atoms. The van der Waals surface area contributed by atoms with Crippen LogP contribution < -0.4 is 4.90 Å². The molecule has 3 atom stereocenters. The molecule has 5 aromatic carbocycles. The Balaban J connectivity index is 1.02.